The summed E-state index contributed by atoms with van der Waals surface area (Å²) in [6, 6.07) is 16.4. The van der Waals surface area contributed by atoms with Gasteiger partial charge in [-0.05, 0) is 36.8 Å². The van der Waals surface area contributed by atoms with Crippen LogP contribution in [-0.4, -0.2) is 17.4 Å². The molecule has 0 heterocycles. The molecular weight excluding hydrogens is 338 g/mol. The van der Waals surface area contributed by atoms with E-state index >= 15 is 0 Å². The Hall–Kier alpha value is -2.17. The van der Waals surface area contributed by atoms with Gasteiger partial charge in [-0.1, -0.05) is 60.1 Å². The van der Waals surface area contributed by atoms with Crippen LogP contribution in [0.15, 0.2) is 53.6 Å². The third-order valence-corrected chi connectivity index (χ3v) is 4.30. The maximum absolute atomic E-state index is 6.60. The predicted octanol–water partition coefficient (Wildman–Crippen LogP) is 4.85. The number of hydrazone groups is 1. The van der Waals surface area contributed by atoms with Gasteiger partial charge in [-0.15, -0.1) is 0 Å². The lowest BCUT2D eigenvalue weighted by Gasteiger charge is -2.12. The lowest BCUT2D eigenvalue weighted by molar-refractivity contribution is 0.720. The largest absolute Gasteiger partial charge is 0.359 e. The number of hydrogen-bond acceptors (Lipinski definition) is 2. The molecule has 3 rings (SSSR count). The molecule has 5 heteroatoms. The van der Waals surface area contributed by atoms with Gasteiger partial charge in [0.2, 0.25) is 0 Å². The van der Waals surface area contributed by atoms with Crippen LogP contribution in [0.4, 0.5) is 0 Å². The van der Waals surface area contributed by atoms with Gasteiger partial charge in [0.15, 0.2) is 5.11 Å². The summed E-state index contributed by atoms with van der Waals surface area (Å²) in [6.45, 7) is 4.05. The molecule has 3 nitrogen and oxygen atoms in total. The van der Waals surface area contributed by atoms with Crippen LogP contribution < -0.4 is 10.7 Å². The van der Waals surface area contributed by atoms with Crippen molar-refractivity contribution < 1.29 is 0 Å². The van der Waals surface area contributed by atoms with Crippen molar-refractivity contribution in [3.8, 4) is 0 Å². The minimum Gasteiger partial charge on any atom is -0.359 e. The summed E-state index contributed by atoms with van der Waals surface area (Å²) >= 11 is 11.8. The predicted molar refractivity (Wildman–Crippen MR) is 108 cm³/mol. The van der Waals surface area contributed by atoms with Gasteiger partial charge in [0.1, 0.15) is 0 Å². The third-order valence-electron chi connectivity index (χ3n) is 3.69. The Labute approximate surface area is 151 Å². The van der Waals surface area contributed by atoms with E-state index in [0.717, 1.165) is 32.1 Å². The quantitative estimate of drug-likeness (QED) is 0.305. The summed E-state index contributed by atoms with van der Waals surface area (Å²) in [7, 11) is 0. The van der Waals surface area contributed by atoms with Gasteiger partial charge in [-0.3, -0.25) is 5.43 Å². The van der Waals surface area contributed by atoms with Crippen molar-refractivity contribution in [2.75, 3.05) is 0 Å². The Kier molecular flexibility index (Phi) is 4.97. The Morgan fingerprint density at radius 2 is 1.50 bits per heavy atom. The van der Waals surface area contributed by atoms with Crippen LogP contribution in [0.5, 0.6) is 0 Å². The molecular formula is C19H18ClN3S. The Bertz CT molecular complexity index is 877. The highest BCUT2D eigenvalue weighted by molar-refractivity contribution is 7.80. The van der Waals surface area contributed by atoms with Gasteiger partial charge in [0.25, 0.3) is 0 Å². The molecule has 0 aliphatic heterocycles. The zero-order valence-electron chi connectivity index (χ0n) is 13.5. The van der Waals surface area contributed by atoms with Crippen LogP contribution in [-0.2, 0) is 0 Å². The van der Waals surface area contributed by atoms with Crippen LogP contribution in [0.3, 0.4) is 0 Å². The zero-order chi connectivity index (χ0) is 17.1. The average Bonchev–Trinajstić information content (AvgIpc) is 2.57. The van der Waals surface area contributed by atoms with Gasteiger partial charge in [-0.2, -0.15) is 5.10 Å². The van der Waals surface area contributed by atoms with Crippen molar-refractivity contribution in [1.29, 1.82) is 0 Å². The first-order valence-electron chi connectivity index (χ1n) is 7.76. The smallest absolute Gasteiger partial charge is 0.187 e. The van der Waals surface area contributed by atoms with Crippen LogP contribution in [0, 0.1) is 0 Å². The SMILES string of the molecule is CC(C)NC(=S)NN=Cc1c2ccccc2c(Cl)c2ccccc12. The van der Waals surface area contributed by atoms with E-state index in [0.29, 0.717) is 5.11 Å². The maximum Gasteiger partial charge on any atom is 0.187 e. The Balaban J connectivity index is 2.08. The number of rotatable bonds is 3. The van der Waals surface area contributed by atoms with E-state index in [4.69, 9.17) is 23.8 Å². The first-order chi connectivity index (χ1) is 11.6. The maximum atomic E-state index is 6.60. The topological polar surface area (TPSA) is 36.4 Å². The van der Waals surface area contributed by atoms with Gasteiger partial charge in [0.05, 0.1) is 11.2 Å². The van der Waals surface area contributed by atoms with Gasteiger partial charge >= 0.3 is 0 Å². The average molecular weight is 356 g/mol. The second-order valence-electron chi connectivity index (χ2n) is 5.82. The van der Waals surface area contributed by atoms with E-state index in [1.807, 2.05) is 50.2 Å². The van der Waals surface area contributed by atoms with E-state index < -0.39 is 0 Å². The van der Waals surface area contributed by atoms with Gasteiger partial charge in [0, 0.05) is 22.4 Å². The molecule has 0 aliphatic rings. The van der Waals surface area contributed by atoms with Gasteiger partial charge in [-0.25, -0.2) is 0 Å². The molecule has 0 radical (unpaired) electrons. The second-order valence-corrected chi connectivity index (χ2v) is 6.60. The van der Waals surface area contributed by atoms with E-state index in [2.05, 4.69) is 28.0 Å². The Morgan fingerprint density at radius 1 is 1.00 bits per heavy atom. The van der Waals surface area contributed by atoms with E-state index in [9.17, 15) is 0 Å². The fourth-order valence-electron chi connectivity index (χ4n) is 2.70. The van der Waals surface area contributed by atoms with E-state index in [1.165, 1.54) is 0 Å². The molecule has 2 N–H and O–H groups in total. The normalized spacial score (nSPS) is 11.5. The summed E-state index contributed by atoms with van der Waals surface area (Å²) in [4.78, 5) is 0. The molecule has 0 saturated heterocycles. The number of fused-ring (bicyclic) bond motifs is 2. The van der Waals surface area contributed by atoms with Crippen molar-refractivity contribution >= 4 is 56.7 Å². The number of thiocarbonyl (C=S) groups is 1. The van der Waals surface area contributed by atoms with Crippen molar-refractivity contribution in [2.45, 2.75) is 19.9 Å². The summed E-state index contributed by atoms with van der Waals surface area (Å²) in [6.07, 6.45) is 1.80. The summed E-state index contributed by atoms with van der Waals surface area (Å²) in [5.74, 6) is 0. The molecule has 0 atom stereocenters. The molecule has 0 aromatic heterocycles. The summed E-state index contributed by atoms with van der Waals surface area (Å²) < 4.78 is 0. The van der Waals surface area contributed by atoms with Crippen molar-refractivity contribution in [1.82, 2.24) is 10.7 Å². The highest BCUT2D eigenvalue weighted by Crippen LogP contribution is 2.35. The molecule has 0 bridgehead atoms. The Morgan fingerprint density at radius 3 is 2.00 bits per heavy atom. The number of benzene rings is 3. The second kappa shape index (κ2) is 7.16. The van der Waals surface area contributed by atoms with E-state index in [-0.39, 0.29) is 6.04 Å². The molecule has 3 aromatic carbocycles. The molecule has 0 fully saturated rings. The first-order valence-corrected chi connectivity index (χ1v) is 8.55. The van der Waals surface area contributed by atoms with Crippen LogP contribution in [0.2, 0.25) is 5.02 Å². The summed E-state index contributed by atoms with van der Waals surface area (Å²) in [5, 5.41) is 12.8. The fourth-order valence-corrected chi connectivity index (χ4v) is 3.32. The van der Waals surface area contributed by atoms with Crippen LogP contribution in [0.1, 0.15) is 19.4 Å². The minimum atomic E-state index is 0.261. The lowest BCUT2D eigenvalue weighted by Crippen LogP contribution is -2.36. The first kappa shape index (κ1) is 16.7. The molecule has 3 aromatic rings. The molecule has 0 aliphatic carbocycles. The zero-order valence-corrected chi connectivity index (χ0v) is 15.1. The van der Waals surface area contributed by atoms with Crippen LogP contribution >= 0.6 is 23.8 Å². The van der Waals surface area contributed by atoms with E-state index in [1.54, 1.807) is 6.21 Å². The third kappa shape index (κ3) is 3.35. The van der Waals surface area contributed by atoms with Crippen LogP contribution in [0.25, 0.3) is 21.5 Å². The van der Waals surface area contributed by atoms with Gasteiger partial charge < -0.3 is 5.32 Å². The molecule has 0 spiro atoms. The lowest BCUT2D eigenvalue weighted by atomic mass is 9.97. The number of nitrogens with one attached hydrogen (secondary N) is 2. The fraction of sp³-hybridized carbons (Fsp3) is 0.158. The van der Waals surface area contributed by atoms with Crippen molar-refractivity contribution in [3.05, 3.63) is 59.1 Å². The highest BCUT2D eigenvalue weighted by atomic mass is 35.5. The minimum absolute atomic E-state index is 0.261. The molecule has 0 unspecified atom stereocenters. The number of nitrogens with zero attached hydrogens (tertiary/aromatic N) is 1. The standard InChI is InChI=1S/C19H18ClN3S/c1-12(2)22-19(24)23-21-11-17-13-7-3-5-9-15(13)18(20)16-10-6-4-8-14(16)17/h3-12H,1-2H3,(H2,22,23,24). The van der Waals surface area contributed by atoms with Crippen molar-refractivity contribution in [3.63, 3.8) is 0 Å². The number of hydrogen-bond donors (Lipinski definition) is 2. The molecule has 0 saturated carbocycles. The highest BCUT2D eigenvalue weighted by Gasteiger charge is 2.10. The molecule has 24 heavy (non-hydrogen) atoms. The molecule has 122 valence electrons. The molecule has 0 amide bonds. The number of halogens is 1. The van der Waals surface area contributed by atoms with Crippen molar-refractivity contribution in [2.24, 2.45) is 5.10 Å². The monoisotopic (exact) mass is 355 g/mol. The summed E-state index contributed by atoms with van der Waals surface area (Å²) in [5.41, 5.74) is 3.88.